The van der Waals surface area contributed by atoms with Gasteiger partial charge < -0.3 is 4.90 Å². The predicted octanol–water partition coefficient (Wildman–Crippen LogP) is 4.62. The fourth-order valence-electron chi connectivity index (χ4n) is 2.87. The van der Waals surface area contributed by atoms with Crippen LogP contribution in [0.1, 0.15) is 34.2 Å². The van der Waals surface area contributed by atoms with Crippen LogP contribution >= 0.6 is 22.9 Å². The maximum Gasteiger partial charge on any atom is 0.227 e. The first-order chi connectivity index (χ1) is 10.1. The molecule has 110 valence electrons. The smallest absolute Gasteiger partial charge is 0.227 e. The Morgan fingerprint density at radius 1 is 1.29 bits per heavy atom. The normalized spacial score (nSPS) is 18.2. The lowest BCUT2D eigenvalue weighted by atomic mass is 10.1. The van der Waals surface area contributed by atoms with Gasteiger partial charge in [-0.15, -0.1) is 11.3 Å². The highest BCUT2D eigenvalue weighted by Crippen LogP contribution is 2.36. The molecular formula is C17H18ClNOS. The van der Waals surface area contributed by atoms with E-state index in [1.165, 1.54) is 9.75 Å². The molecule has 1 saturated heterocycles. The number of benzene rings is 1. The summed E-state index contributed by atoms with van der Waals surface area (Å²) in [5, 5.41) is 0.708. The van der Waals surface area contributed by atoms with E-state index in [-0.39, 0.29) is 11.9 Å². The second kappa shape index (κ2) is 6.20. The molecule has 0 saturated carbocycles. The molecule has 0 bridgehead atoms. The Morgan fingerprint density at radius 2 is 2.05 bits per heavy atom. The van der Waals surface area contributed by atoms with E-state index in [9.17, 15) is 4.79 Å². The Balaban J connectivity index is 1.72. The van der Waals surface area contributed by atoms with Gasteiger partial charge in [0, 0.05) is 21.3 Å². The molecule has 4 heteroatoms. The van der Waals surface area contributed by atoms with Crippen LogP contribution in [-0.2, 0) is 11.2 Å². The van der Waals surface area contributed by atoms with Crippen LogP contribution in [0.4, 0.5) is 0 Å². The van der Waals surface area contributed by atoms with E-state index in [0.717, 1.165) is 24.9 Å². The molecule has 1 atom stereocenters. The average molecular weight is 320 g/mol. The number of rotatable bonds is 3. The molecule has 1 aromatic carbocycles. The van der Waals surface area contributed by atoms with Gasteiger partial charge in [-0.1, -0.05) is 23.7 Å². The third kappa shape index (κ3) is 3.30. The lowest BCUT2D eigenvalue weighted by molar-refractivity contribution is -0.131. The number of aryl methyl sites for hydroxylation is 1. The summed E-state index contributed by atoms with van der Waals surface area (Å²) in [4.78, 5) is 17.3. The molecule has 2 nitrogen and oxygen atoms in total. The number of likely N-dealkylation sites (tertiary alicyclic amines) is 1. The third-order valence-corrected chi connectivity index (χ3v) is 5.29. The molecule has 1 aromatic heterocycles. The highest BCUT2D eigenvalue weighted by Gasteiger charge is 2.30. The highest BCUT2D eigenvalue weighted by atomic mass is 35.5. The van der Waals surface area contributed by atoms with Gasteiger partial charge in [0.15, 0.2) is 0 Å². The molecule has 0 spiro atoms. The Bertz CT molecular complexity index is 634. The van der Waals surface area contributed by atoms with Crippen molar-refractivity contribution in [1.29, 1.82) is 0 Å². The van der Waals surface area contributed by atoms with E-state index in [1.807, 2.05) is 29.2 Å². The summed E-state index contributed by atoms with van der Waals surface area (Å²) < 4.78 is 0. The minimum absolute atomic E-state index is 0.214. The number of amides is 1. The lowest BCUT2D eigenvalue weighted by Crippen LogP contribution is -2.31. The van der Waals surface area contributed by atoms with Gasteiger partial charge in [0.25, 0.3) is 0 Å². The molecule has 1 aliphatic rings. The van der Waals surface area contributed by atoms with Crippen molar-refractivity contribution in [2.45, 2.75) is 32.2 Å². The minimum Gasteiger partial charge on any atom is -0.335 e. The predicted molar refractivity (Wildman–Crippen MR) is 87.9 cm³/mol. The van der Waals surface area contributed by atoms with E-state index >= 15 is 0 Å². The van der Waals surface area contributed by atoms with Gasteiger partial charge in [-0.3, -0.25) is 4.79 Å². The maximum atomic E-state index is 12.6. The molecule has 1 aliphatic heterocycles. The molecule has 2 heterocycles. The zero-order valence-electron chi connectivity index (χ0n) is 12.0. The maximum absolute atomic E-state index is 12.6. The summed E-state index contributed by atoms with van der Waals surface area (Å²) in [5.74, 6) is 0.214. The molecule has 0 radical (unpaired) electrons. The SMILES string of the molecule is Cc1ccc(C2CCCN2C(=O)Cc2ccc(Cl)cc2)s1. The number of hydrogen-bond acceptors (Lipinski definition) is 2. The zero-order chi connectivity index (χ0) is 14.8. The second-order valence-electron chi connectivity index (χ2n) is 5.50. The van der Waals surface area contributed by atoms with Crippen molar-refractivity contribution in [2.75, 3.05) is 6.54 Å². The Labute approximate surface area is 134 Å². The summed E-state index contributed by atoms with van der Waals surface area (Å²) in [6.45, 7) is 2.98. The van der Waals surface area contributed by atoms with Crippen LogP contribution in [0.3, 0.4) is 0 Å². The number of hydrogen-bond donors (Lipinski definition) is 0. The van der Waals surface area contributed by atoms with Crippen molar-refractivity contribution in [2.24, 2.45) is 0 Å². The van der Waals surface area contributed by atoms with Gasteiger partial charge in [0.2, 0.25) is 5.91 Å². The fraction of sp³-hybridized carbons (Fsp3) is 0.353. The first kappa shape index (κ1) is 14.6. The Morgan fingerprint density at radius 3 is 2.71 bits per heavy atom. The van der Waals surface area contributed by atoms with E-state index < -0.39 is 0 Å². The Kier molecular flexibility index (Phi) is 4.32. The van der Waals surface area contributed by atoms with Crippen LogP contribution in [0, 0.1) is 6.92 Å². The fourth-order valence-corrected chi connectivity index (χ4v) is 4.02. The highest BCUT2D eigenvalue weighted by molar-refractivity contribution is 7.12. The number of halogens is 1. The number of carbonyl (C=O) groups excluding carboxylic acids is 1. The topological polar surface area (TPSA) is 20.3 Å². The molecule has 2 aromatic rings. The largest absolute Gasteiger partial charge is 0.335 e. The van der Waals surface area contributed by atoms with E-state index in [1.54, 1.807) is 11.3 Å². The average Bonchev–Trinajstić information content (AvgIpc) is 3.09. The molecule has 0 aliphatic carbocycles. The van der Waals surface area contributed by atoms with Gasteiger partial charge in [-0.2, -0.15) is 0 Å². The Hall–Kier alpha value is -1.32. The van der Waals surface area contributed by atoms with Crippen LogP contribution in [0.5, 0.6) is 0 Å². The molecule has 3 rings (SSSR count). The quantitative estimate of drug-likeness (QED) is 0.808. The van der Waals surface area contributed by atoms with Crippen molar-refractivity contribution in [3.8, 4) is 0 Å². The van der Waals surface area contributed by atoms with E-state index in [0.29, 0.717) is 11.4 Å². The van der Waals surface area contributed by atoms with Crippen LogP contribution in [0.15, 0.2) is 36.4 Å². The molecule has 1 fully saturated rings. The molecule has 1 unspecified atom stereocenters. The second-order valence-corrected chi connectivity index (χ2v) is 7.25. The minimum atomic E-state index is 0.214. The van der Waals surface area contributed by atoms with Gasteiger partial charge in [0.05, 0.1) is 12.5 Å². The molecular weight excluding hydrogens is 302 g/mol. The first-order valence-electron chi connectivity index (χ1n) is 7.24. The van der Waals surface area contributed by atoms with Gasteiger partial charge >= 0.3 is 0 Å². The number of carbonyl (C=O) groups is 1. The van der Waals surface area contributed by atoms with Crippen molar-refractivity contribution >= 4 is 28.8 Å². The van der Waals surface area contributed by atoms with Gasteiger partial charge in [-0.25, -0.2) is 0 Å². The third-order valence-electron chi connectivity index (χ3n) is 3.93. The number of nitrogens with zero attached hydrogens (tertiary/aromatic N) is 1. The van der Waals surface area contributed by atoms with Crippen LogP contribution in [0.25, 0.3) is 0 Å². The summed E-state index contributed by atoms with van der Waals surface area (Å²) >= 11 is 7.69. The van der Waals surface area contributed by atoms with Gasteiger partial charge in [-0.05, 0) is 49.6 Å². The lowest BCUT2D eigenvalue weighted by Gasteiger charge is -2.24. The molecule has 21 heavy (non-hydrogen) atoms. The summed E-state index contributed by atoms with van der Waals surface area (Å²) in [7, 11) is 0. The van der Waals surface area contributed by atoms with Crippen molar-refractivity contribution in [3.05, 3.63) is 56.7 Å². The molecule has 0 N–H and O–H groups in total. The summed E-state index contributed by atoms with van der Waals surface area (Å²) in [5.41, 5.74) is 1.03. The summed E-state index contributed by atoms with van der Waals surface area (Å²) in [6.07, 6.45) is 2.62. The van der Waals surface area contributed by atoms with E-state index in [2.05, 4.69) is 19.1 Å². The van der Waals surface area contributed by atoms with Crippen molar-refractivity contribution < 1.29 is 4.79 Å². The number of thiophene rings is 1. The van der Waals surface area contributed by atoms with Crippen LogP contribution in [0.2, 0.25) is 5.02 Å². The van der Waals surface area contributed by atoms with E-state index in [4.69, 9.17) is 11.6 Å². The zero-order valence-corrected chi connectivity index (χ0v) is 13.6. The van der Waals surface area contributed by atoms with Crippen LogP contribution < -0.4 is 0 Å². The van der Waals surface area contributed by atoms with Crippen molar-refractivity contribution in [1.82, 2.24) is 4.90 Å². The van der Waals surface area contributed by atoms with Crippen LogP contribution in [-0.4, -0.2) is 17.4 Å². The van der Waals surface area contributed by atoms with Gasteiger partial charge in [0.1, 0.15) is 0 Å². The monoisotopic (exact) mass is 319 g/mol. The first-order valence-corrected chi connectivity index (χ1v) is 8.43. The van der Waals surface area contributed by atoms with Crippen molar-refractivity contribution in [3.63, 3.8) is 0 Å². The summed E-state index contributed by atoms with van der Waals surface area (Å²) in [6, 6.07) is 12.1. The standard InChI is InChI=1S/C17H18ClNOS/c1-12-4-9-16(21-12)15-3-2-10-19(15)17(20)11-13-5-7-14(18)8-6-13/h4-9,15H,2-3,10-11H2,1H3. The molecule has 1 amide bonds.